The summed E-state index contributed by atoms with van der Waals surface area (Å²) in [4.78, 5) is 22.8. The molecule has 0 rings (SSSR count). The summed E-state index contributed by atoms with van der Waals surface area (Å²) in [5.41, 5.74) is 0.498. The Hall–Kier alpha value is -1.64. The minimum absolute atomic E-state index is 0.132. The lowest BCUT2D eigenvalue weighted by Crippen LogP contribution is -2.40. The Balaban J connectivity index is 4.74. The van der Waals surface area contributed by atoms with Crippen LogP contribution >= 0.6 is 0 Å². The second-order valence-corrected chi connectivity index (χ2v) is 3.88. The predicted molar refractivity (Wildman–Crippen MR) is 70.5 cm³/mol. The van der Waals surface area contributed by atoms with Crippen LogP contribution < -0.4 is 5.32 Å². The van der Waals surface area contributed by atoms with E-state index in [0.29, 0.717) is 5.57 Å². The number of aldehydes is 1. The van der Waals surface area contributed by atoms with Gasteiger partial charge in [0.1, 0.15) is 6.29 Å². The van der Waals surface area contributed by atoms with Gasteiger partial charge in [-0.1, -0.05) is 51.2 Å². The maximum Gasteiger partial charge on any atom is 0.251 e. The van der Waals surface area contributed by atoms with Gasteiger partial charge in [-0.3, -0.25) is 4.79 Å². The zero-order chi connectivity index (χ0) is 13.3. The van der Waals surface area contributed by atoms with Crippen LogP contribution in [0.15, 0.2) is 36.5 Å². The first-order valence-electron chi connectivity index (χ1n) is 5.82. The van der Waals surface area contributed by atoms with Crippen LogP contribution in [0, 0.1) is 5.92 Å². The van der Waals surface area contributed by atoms with Gasteiger partial charge in [0, 0.05) is 5.57 Å². The zero-order valence-corrected chi connectivity index (χ0v) is 10.8. The average molecular weight is 235 g/mol. The standard InChI is InChI=1S/C14H21NO2/c1-5-8-12(9-6-2)14(17)15-13(10-16)11(4)7-3/h5-6,8-11,13H,1,7H2,2-4H3,(H,15,17)/b9-6-,12-8+. The molecule has 0 aliphatic heterocycles. The highest BCUT2D eigenvalue weighted by molar-refractivity contribution is 5.97. The molecule has 3 heteroatoms. The van der Waals surface area contributed by atoms with Crippen molar-refractivity contribution in [1.82, 2.24) is 5.32 Å². The second kappa shape index (κ2) is 8.50. The lowest BCUT2D eigenvalue weighted by molar-refractivity contribution is -0.121. The Kier molecular flexibility index (Phi) is 7.68. The fourth-order valence-electron chi connectivity index (χ4n) is 1.31. The number of hydrogen-bond acceptors (Lipinski definition) is 2. The molecule has 0 aromatic heterocycles. The molecule has 0 fully saturated rings. The molecule has 0 heterocycles. The largest absolute Gasteiger partial charge is 0.342 e. The van der Waals surface area contributed by atoms with Crippen LogP contribution in [0.2, 0.25) is 0 Å². The van der Waals surface area contributed by atoms with Crippen molar-refractivity contribution in [1.29, 1.82) is 0 Å². The average Bonchev–Trinajstić information content (AvgIpc) is 2.34. The van der Waals surface area contributed by atoms with Gasteiger partial charge in [-0.2, -0.15) is 0 Å². The smallest absolute Gasteiger partial charge is 0.251 e. The van der Waals surface area contributed by atoms with Crippen LogP contribution in [0.1, 0.15) is 27.2 Å². The molecule has 0 aromatic rings. The minimum Gasteiger partial charge on any atom is -0.342 e. The van der Waals surface area contributed by atoms with Crippen molar-refractivity contribution in [3.63, 3.8) is 0 Å². The van der Waals surface area contributed by atoms with Crippen molar-refractivity contribution >= 4 is 12.2 Å². The zero-order valence-electron chi connectivity index (χ0n) is 10.8. The number of allylic oxidation sites excluding steroid dienone is 3. The number of hydrogen-bond donors (Lipinski definition) is 1. The normalized spacial score (nSPS) is 15.4. The Morgan fingerprint density at radius 2 is 2.12 bits per heavy atom. The van der Waals surface area contributed by atoms with E-state index >= 15 is 0 Å². The molecule has 1 N–H and O–H groups in total. The quantitative estimate of drug-likeness (QED) is 0.418. The maximum atomic E-state index is 11.9. The van der Waals surface area contributed by atoms with Crippen molar-refractivity contribution in [2.75, 3.05) is 0 Å². The Bertz CT molecular complexity index is 329. The Morgan fingerprint density at radius 1 is 1.47 bits per heavy atom. The molecule has 2 unspecified atom stereocenters. The molecule has 1 amide bonds. The van der Waals surface area contributed by atoms with E-state index < -0.39 is 6.04 Å². The van der Waals surface area contributed by atoms with Crippen molar-refractivity contribution in [3.8, 4) is 0 Å². The molecule has 0 bridgehead atoms. The molecule has 0 aromatic carbocycles. The van der Waals surface area contributed by atoms with Gasteiger partial charge >= 0.3 is 0 Å². The maximum absolute atomic E-state index is 11.9. The third-order valence-electron chi connectivity index (χ3n) is 2.61. The molecule has 0 saturated carbocycles. The van der Waals surface area contributed by atoms with E-state index in [2.05, 4.69) is 11.9 Å². The molecule has 2 atom stereocenters. The topological polar surface area (TPSA) is 46.2 Å². The first kappa shape index (κ1) is 15.4. The summed E-state index contributed by atoms with van der Waals surface area (Å²) in [5, 5.41) is 2.71. The number of carbonyl (C=O) groups is 2. The summed E-state index contributed by atoms with van der Waals surface area (Å²) in [6, 6.07) is -0.439. The van der Waals surface area contributed by atoms with E-state index in [9.17, 15) is 9.59 Å². The minimum atomic E-state index is -0.439. The number of amides is 1. The third kappa shape index (κ3) is 5.29. The van der Waals surface area contributed by atoms with Gasteiger partial charge < -0.3 is 10.1 Å². The number of carbonyl (C=O) groups excluding carboxylic acids is 2. The molecule has 0 spiro atoms. The van der Waals surface area contributed by atoms with Crippen LogP contribution in [-0.4, -0.2) is 18.2 Å². The fraction of sp³-hybridized carbons (Fsp3) is 0.429. The van der Waals surface area contributed by atoms with Gasteiger partial charge in [-0.25, -0.2) is 0 Å². The van der Waals surface area contributed by atoms with Gasteiger partial charge in [0.15, 0.2) is 0 Å². The van der Waals surface area contributed by atoms with Crippen LogP contribution in [0.25, 0.3) is 0 Å². The van der Waals surface area contributed by atoms with E-state index in [1.165, 1.54) is 0 Å². The SMILES string of the molecule is C=C/C=C(\C=C/C)C(=O)NC(C=O)C(C)CC. The van der Waals surface area contributed by atoms with Gasteiger partial charge in [0.2, 0.25) is 0 Å². The van der Waals surface area contributed by atoms with E-state index in [1.54, 1.807) is 24.3 Å². The molecule has 0 aliphatic carbocycles. The highest BCUT2D eigenvalue weighted by Gasteiger charge is 2.18. The van der Waals surface area contributed by atoms with Gasteiger partial charge in [-0.05, 0) is 12.8 Å². The van der Waals surface area contributed by atoms with Crippen molar-refractivity contribution in [2.45, 2.75) is 33.2 Å². The molecule has 0 radical (unpaired) electrons. The van der Waals surface area contributed by atoms with Crippen molar-refractivity contribution in [3.05, 3.63) is 36.5 Å². The van der Waals surface area contributed by atoms with Crippen molar-refractivity contribution < 1.29 is 9.59 Å². The first-order chi connectivity index (χ1) is 8.10. The highest BCUT2D eigenvalue weighted by Crippen LogP contribution is 2.07. The summed E-state index contributed by atoms with van der Waals surface area (Å²) < 4.78 is 0. The monoisotopic (exact) mass is 235 g/mol. The number of rotatable bonds is 7. The summed E-state index contributed by atoms with van der Waals surface area (Å²) in [7, 11) is 0. The highest BCUT2D eigenvalue weighted by atomic mass is 16.2. The van der Waals surface area contributed by atoms with Crippen LogP contribution in [-0.2, 0) is 9.59 Å². The van der Waals surface area contributed by atoms with E-state index in [4.69, 9.17) is 0 Å². The predicted octanol–water partition coefficient (Wildman–Crippen LogP) is 2.40. The lowest BCUT2D eigenvalue weighted by atomic mass is 10.00. The molecular formula is C14H21NO2. The molecule has 0 aliphatic rings. The van der Waals surface area contributed by atoms with Crippen LogP contribution in [0.4, 0.5) is 0 Å². The molecular weight excluding hydrogens is 214 g/mol. The molecule has 3 nitrogen and oxygen atoms in total. The Labute approximate surface area is 103 Å². The third-order valence-corrected chi connectivity index (χ3v) is 2.61. The van der Waals surface area contributed by atoms with Crippen LogP contribution in [0.5, 0.6) is 0 Å². The molecule has 17 heavy (non-hydrogen) atoms. The van der Waals surface area contributed by atoms with E-state index in [0.717, 1.165) is 12.7 Å². The van der Waals surface area contributed by atoms with Gasteiger partial charge in [-0.15, -0.1) is 0 Å². The van der Waals surface area contributed by atoms with Gasteiger partial charge in [0.05, 0.1) is 6.04 Å². The van der Waals surface area contributed by atoms with Gasteiger partial charge in [0.25, 0.3) is 5.91 Å². The number of nitrogens with one attached hydrogen (secondary N) is 1. The summed E-state index contributed by atoms with van der Waals surface area (Å²) in [6.07, 6.45) is 8.26. The van der Waals surface area contributed by atoms with Crippen molar-refractivity contribution in [2.24, 2.45) is 5.92 Å². The van der Waals surface area contributed by atoms with Crippen LogP contribution in [0.3, 0.4) is 0 Å². The summed E-state index contributed by atoms with van der Waals surface area (Å²) in [5.74, 6) is -0.118. The Morgan fingerprint density at radius 3 is 2.53 bits per heavy atom. The first-order valence-corrected chi connectivity index (χ1v) is 5.82. The van der Waals surface area contributed by atoms with E-state index in [1.807, 2.05) is 20.8 Å². The van der Waals surface area contributed by atoms with E-state index in [-0.39, 0.29) is 11.8 Å². The second-order valence-electron chi connectivity index (χ2n) is 3.88. The summed E-state index contributed by atoms with van der Waals surface area (Å²) in [6.45, 7) is 9.31. The lowest BCUT2D eigenvalue weighted by Gasteiger charge is -2.18. The fourth-order valence-corrected chi connectivity index (χ4v) is 1.31. The summed E-state index contributed by atoms with van der Waals surface area (Å²) >= 11 is 0. The molecule has 94 valence electrons. The molecule has 0 saturated heterocycles.